The first kappa shape index (κ1) is 23.0. The number of nitrogens with zero attached hydrogens (tertiary/aromatic N) is 2. The Balaban J connectivity index is 0.00000141. The van der Waals surface area contributed by atoms with Gasteiger partial charge in [0, 0.05) is 16.9 Å². The fourth-order valence-electron chi connectivity index (χ4n) is 3.75. The summed E-state index contributed by atoms with van der Waals surface area (Å²) >= 11 is 0. The molecule has 4 nitrogen and oxygen atoms in total. The summed E-state index contributed by atoms with van der Waals surface area (Å²) in [6.45, 7) is 12.4. The molecule has 4 aromatic rings. The summed E-state index contributed by atoms with van der Waals surface area (Å²) in [5, 5.41) is 6.88. The zero-order valence-electron chi connectivity index (χ0n) is 19.8. The first-order chi connectivity index (χ1) is 15.5. The molecule has 0 fully saturated rings. The third-order valence-electron chi connectivity index (χ3n) is 5.03. The van der Waals surface area contributed by atoms with Crippen LogP contribution in [0.1, 0.15) is 36.1 Å². The molecule has 0 spiro atoms. The molecule has 1 heterocycles. The molecule has 0 unspecified atom stereocenters. The highest BCUT2D eigenvalue weighted by Crippen LogP contribution is 2.31. The molecule has 1 aromatic heterocycles. The van der Waals surface area contributed by atoms with E-state index in [2.05, 4.69) is 74.7 Å². The van der Waals surface area contributed by atoms with Gasteiger partial charge in [-0.15, -0.1) is 0 Å². The number of benzene rings is 3. The second-order valence-electron chi connectivity index (χ2n) is 7.71. The molecule has 3 aromatic carbocycles. The van der Waals surface area contributed by atoms with Crippen LogP contribution in [0, 0.1) is 27.7 Å². The van der Waals surface area contributed by atoms with Crippen LogP contribution >= 0.6 is 0 Å². The van der Waals surface area contributed by atoms with Crippen LogP contribution in [0.25, 0.3) is 11.3 Å². The lowest BCUT2D eigenvalue weighted by molar-refractivity contribution is 1.18. The lowest BCUT2D eigenvalue weighted by Gasteiger charge is -2.16. The van der Waals surface area contributed by atoms with Crippen LogP contribution in [0.4, 0.5) is 23.0 Å². The van der Waals surface area contributed by atoms with Gasteiger partial charge in [0.1, 0.15) is 0 Å². The van der Waals surface area contributed by atoms with Gasteiger partial charge in [-0.05, 0) is 74.2 Å². The third-order valence-corrected chi connectivity index (χ3v) is 5.03. The Morgan fingerprint density at radius 1 is 0.625 bits per heavy atom. The van der Waals surface area contributed by atoms with Crippen LogP contribution in [-0.4, -0.2) is 9.97 Å². The average molecular weight is 425 g/mol. The summed E-state index contributed by atoms with van der Waals surface area (Å²) in [7, 11) is 0. The lowest BCUT2D eigenvalue weighted by atomic mass is 10.0. The van der Waals surface area contributed by atoms with Crippen molar-refractivity contribution in [3.8, 4) is 11.3 Å². The van der Waals surface area contributed by atoms with Crippen molar-refractivity contribution in [3.05, 3.63) is 95.2 Å². The minimum atomic E-state index is 0.693. The SMILES string of the molecule is CC.Cc1cc(C)cc(Nc2ncc(-c3c(C)cccc3C)nc2Nc2ccccc2)c1. The number of para-hydroxylation sites is 1. The minimum Gasteiger partial charge on any atom is -0.337 e. The molecule has 164 valence electrons. The van der Waals surface area contributed by atoms with Gasteiger partial charge < -0.3 is 10.6 Å². The van der Waals surface area contributed by atoms with E-state index >= 15 is 0 Å². The molecule has 0 atom stereocenters. The third kappa shape index (κ3) is 5.52. The van der Waals surface area contributed by atoms with Crippen molar-refractivity contribution in [2.75, 3.05) is 10.6 Å². The van der Waals surface area contributed by atoms with Crippen molar-refractivity contribution < 1.29 is 0 Å². The molecule has 0 saturated carbocycles. The molecule has 0 aliphatic rings. The Morgan fingerprint density at radius 2 is 1.22 bits per heavy atom. The molecule has 0 radical (unpaired) electrons. The monoisotopic (exact) mass is 424 g/mol. The minimum absolute atomic E-state index is 0.693. The maximum Gasteiger partial charge on any atom is 0.174 e. The second kappa shape index (κ2) is 10.6. The standard InChI is InChI=1S/C26H26N4.C2H6/c1-17-13-18(2)15-22(14-17)29-25-26(28-21-11-6-5-7-12-21)30-23(16-27-25)24-19(3)9-8-10-20(24)4;1-2/h5-16H,1-4H3,(H,27,29)(H,28,30);1-2H3. The van der Waals surface area contributed by atoms with Gasteiger partial charge in [-0.2, -0.15) is 0 Å². The number of hydrogen-bond donors (Lipinski definition) is 2. The lowest BCUT2D eigenvalue weighted by Crippen LogP contribution is -2.04. The highest BCUT2D eigenvalue weighted by molar-refractivity contribution is 5.76. The molecule has 0 aliphatic carbocycles. The van der Waals surface area contributed by atoms with Crippen molar-refractivity contribution in [2.24, 2.45) is 0 Å². The van der Waals surface area contributed by atoms with Crippen molar-refractivity contribution in [1.29, 1.82) is 0 Å². The number of aromatic nitrogens is 2. The Bertz CT molecular complexity index is 1140. The first-order valence-corrected chi connectivity index (χ1v) is 11.1. The molecule has 2 N–H and O–H groups in total. The summed E-state index contributed by atoms with van der Waals surface area (Å²) in [6.07, 6.45) is 1.84. The van der Waals surface area contributed by atoms with Crippen LogP contribution in [0.3, 0.4) is 0 Å². The zero-order valence-corrected chi connectivity index (χ0v) is 19.8. The van der Waals surface area contributed by atoms with Crippen LogP contribution in [0.2, 0.25) is 0 Å². The maximum atomic E-state index is 4.96. The van der Waals surface area contributed by atoms with Gasteiger partial charge in [0.25, 0.3) is 0 Å². The van der Waals surface area contributed by atoms with E-state index in [4.69, 9.17) is 9.97 Å². The molecular formula is C28H32N4. The molecule has 0 aliphatic heterocycles. The first-order valence-electron chi connectivity index (χ1n) is 11.1. The number of anilines is 4. The van der Waals surface area contributed by atoms with Crippen LogP contribution in [0.15, 0.2) is 72.9 Å². The topological polar surface area (TPSA) is 49.8 Å². The molecular weight excluding hydrogens is 392 g/mol. The van der Waals surface area contributed by atoms with Gasteiger partial charge in [-0.3, -0.25) is 0 Å². The van der Waals surface area contributed by atoms with Crippen molar-refractivity contribution in [1.82, 2.24) is 9.97 Å². The fourth-order valence-corrected chi connectivity index (χ4v) is 3.75. The van der Waals surface area contributed by atoms with Gasteiger partial charge >= 0.3 is 0 Å². The van der Waals surface area contributed by atoms with Crippen LogP contribution in [-0.2, 0) is 0 Å². The number of rotatable bonds is 5. The van der Waals surface area contributed by atoms with Crippen LogP contribution < -0.4 is 10.6 Å². The van der Waals surface area contributed by atoms with Crippen LogP contribution in [0.5, 0.6) is 0 Å². The van der Waals surface area contributed by atoms with Crippen molar-refractivity contribution >= 4 is 23.0 Å². The number of nitrogens with one attached hydrogen (secondary N) is 2. The normalized spacial score (nSPS) is 10.2. The molecule has 0 saturated heterocycles. The second-order valence-corrected chi connectivity index (χ2v) is 7.71. The Kier molecular flexibility index (Phi) is 7.61. The summed E-state index contributed by atoms with van der Waals surface area (Å²) in [4.78, 5) is 9.72. The van der Waals surface area contributed by atoms with E-state index in [1.165, 1.54) is 22.3 Å². The summed E-state index contributed by atoms with van der Waals surface area (Å²) in [5.74, 6) is 1.39. The van der Waals surface area contributed by atoms with E-state index in [9.17, 15) is 0 Å². The average Bonchev–Trinajstić information content (AvgIpc) is 2.77. The predicted molar refractivity (Wildman–Crippen MR) is 137 cm³/mol. The maximum absolute atomic E-state index is 4.96. The van der Waals surface area contributed by atoms with Gasteiger partial charge in [-0.25, -0.2) is 9.97 Å². The smallest absolute Gasteiger partial charge is 0.174 e. The summed E-state index contributed by atoms with van der Waals surface area (Å²) in [5.41, 5.74) is 8.72. The van der Waals surface area contributed by atoms with Gasteiger partial charge in [0.15, 0.2) is 11.6 Å². The Labute approximate surface area is 191 Å². The van der Waals surface area contributed by atoms with Gasteiger partial charge in [0.05, 0.1) is 11.9 Å². The summed E-state index contributed by atoms with van der Waals surface area (Å²) in [6, 6.07) is 22.7. The van der Waals surface area contributed by atoms with E-state index in [1.54, 1.807) is 0 Å². The Hall–Kier alpha value is -3.66. The molecule has 0 amide bonds. The number of aryl methyl sites for hydroxylation is 4. The van der Waals surface area contributed by atoms with E-state index in [0.717, 1.165) is 22.6 Å². The predicted octanol–water partition coefficient (Wildman–Crippen LogP) is 7.89. The number of hydrogen-bond acceptors (Lipinski definition) is 4. The molecule has 4 heteroatoms. The van der Waals surface area contributed by atoms with Gasteiger partial charge in [0.2, 0.25) is 0 Å². The molecule has 32 heavy (non-hydrogen) atoms. The quantitative estimate of drug-likeness (QED) is 0.342. The fraction of sp³-hybridized carbons (Fsp3) is 0.214. The summed E-state index contributed by atoms with van der Waals surface area (Å²) < 4.78 is 0. The Morgan fingerprint density at radius 3 is 1.84 bits per heavy atom. The highest BCUT2D eigenvalue weighted by Gasteiger charge is 2.13. The highest BCUT2D eigenvalue weighted by atomic mass is 15.1. The largest absolute Gasteiger partial charge is 0.337 e. The van der Waals surface area contributed by atoms with E-state index in [-0.39, 0.29) is 0 Å². The van der Waals surface area contributed by atoms with E-state index in [1.807, 2.05) is 50.4 Å². The van der Waals surface area contributed by atoms with E-state index in [0.29, 0.717) is 11.6 Å². The zero-order chi connectivity index (χ0) is 23.1. The van der Waals surface area contributed by atoms with Crippen molar-refractivity contribution in [3.63, 3.8) is 0 Å². The molecule has 0 bridgehead atoms. The van der Waals surface area contributed by atoms with E-state index < -0.39 is 0 Å². The molecule has 4 rings (SSSR count). The van der Waals surface area contributed by atoms with Gasteiger partial charge in [-0.1, -0.05) is 56.3 Å². The van der Waals surface area contributed by atoms with Crippen molar-refractivity contribution in [2.45, 2.75) is 41.5 Å².